The number of benzene rings is 2. The molecule has 0 aliphatic carbocycles. The van der Waals surface area contributed by atoms with Crippen molar-refractivity contribution in [2.45, 2.75) is 32.2 Å². The van der Waals surface area contributed by atoms with Gasteiger partial charge in [0.25, 0.3) is 0 Å². The fourth-order valence-electron chi connectivity index (χ4n) is 2.59. The van der Waals surface area contributed by atoms with Crippen LogP contribution in [0.2, 0.25) is 0 Å². The molecule has 3 rings (SSSR count). The molecule has 8 heteroatoms. The predicted molar refractivity (Wildman–Crippen MR) is 107 cm³/mol. The van der Waals surface area contributed by atoms with Gasteiger partial charge in [-0.05, 0) is 37.6 Å². The third-order valence-corrected chi connectivity index (χ3v) is 5.01. The van der Waals surface area contributed by atoms with Gasteiger partial charge in [0.2, 0.25) is 5.91 Å². The van der Waals surface area contributed by atoms with E-state index in [0.29, 0.717) is 17.5 Å². The number of hydrogen-bond donors (Lipinski definition) is 1. The Morgan fingerprint density at radius 2 is 1.93 bits per heavy atom. The highest BCUT2D eigenvalue weighted by atomic mass is 32.2. The van der Waals surface area contributed by atoms with Crippen LogP contribution in [0.3, 0.4) is 0 Å². The lowest BCUT2D eigenvalue weighted by Gasteiger charge is -2.10. The number of carbonyl (C=O) groups is 1. The third kappa shape index (κ3) is 4.89. The number of hydrogen-bond acceptors (Lipinski definition) is 5. The Kier molecular flexibility index (Phi) is 6.65. The lowest BCUT2D eigenvalue weighted by Crippen LogP contribution is -2.15. The van der Waals surface area contributed by atoms with Crippen molar-refractivity contribution in [1.82, 2.24) is 14.8 Å². The van der Waals surface area contributed by atoms with Crippen molar-refractivity contribution in [3.05, 3.63) is 65.7 Å². The van der Waals surface area contributed by atoms with Crippen molar-refractivity contribution < 1.29 is 13.9 Å². The zero-order valence-electron chi connectivity index (χ0n) is 15.7. The van der Waals surface area contributed by atoms with Gasteiger partial charge in [-0.3, -0.25) is 4.79 Å². The maximum atomic E-state index is 13.6. The van der Waals surface area contributed by atoms with E-state index in [1.807, 2.05) is 42.7 Å². The highest BCUT2D eigenvalue weighted by molar-refractivity contribution is 7.99. The van der Waals surface area contributed by atoms with Crippen LogP contribution in [0.1, 0.15) is 18.3 Å². The number of aryl methyl sites for hydroxylation is 1. The second-order valence-corrected chi connectivity index (χ2v) is 6.96. The van der Waals surface area contributed by atoms with E-state index in [1.54, 1.807) is 12.1 Å². The normalized spacial score (nSPS) is 10.7. The summed E-state index contributed by atoms with van der Waals surface area (Å²) in [5.74, 6) is 0.812. The van der Waals surface area contributed by atoms with E-state index in [9.17, 15) is 9.18 Å². The van der Waals surface area contributed by atoms with Gasteiger partial charge >= 0.3 is 0 Å². The number of carbonyl (C=O) groups excluding carboxylic acids is 1. The van der Waals surface area contributed by atoms with E-state index in [-0.39, 0.29) is 24.0 Å². The Balaban J connectivity index is 1.59. The first kappa shape index (κ1) is 19.9. The molecule has 1 aromatic heterocycles. The van der Waals surface area contributed by atoms with Gasteiger partial charge in [0.15, 0.2) is 11.0 Å². The minimum Gasteiger partial charge on any atom is -0.485 e. The SMILES string of the molecule is CCn1c(COc2ccccc2C)nnc1SCC(=O)Nc1ccccc1F. The van der Waals surface area contributed by atoms with Crippen molar-refractivity contribution in [1.29, 1.82) is 0 Å². The van der Waals surface area contributed by atoms with Crippen molar-refractivity contribution in [3.8, 4) is 5.75 Å². The first-order valence-corrected chi connectivity index (χ1v) is 9.84. The summed E-state index contributed by atoms with van der Waals surface area (Å²) in [4.78, 5) is 12.1. The van der Waals surface area contributed by atoms with E-state index < -0.39 is 5.82 Å². The Labute approximate surface area is 167 Å². The van der Waals surface area contributed by atoms with Gasteiger partial charge in [0, 0.05) is 6.54 Å². The summed E-state index contributed by atoms with van der Waals surface area (Å²) < 4.78 is 21.4. The summed E-state index contributed by atoms with van der Waals surface area (Å²) in [5, 5.41) is 11.5. The van der Waals surface area contributed by atoms with E-state index in [2.05, 4.69) is 15.5 Å². The number of nitrogens with one attached hydrogen (secondary N) is 1. The van der Waals surface area contributed by atoms with Crippen LogP contribution in [0, 0.1) is 12.7 Å². The number of nitrogens with zero attached hydrogens (tertiary/aromatic N) is 3. The monoisotopic (exact) mass is 400 g/mol. The minimum atomic E-state index is -0.465. The molecule has 3 aromatic rings. The predicted octanol–water partition coefficient (Wildman–Crippen LogP) is 4.06. The van der Waals surface area contributed by atoms with Crippen LogP contribution in [0.15, 0.2) is 53.7 Å². The Bertz CT molecular complexity index is 961. The van der Waals surface area contributed by atoms with Crippen molar-refractivity contribution >= 4 is 23.4 Å². The van der Waals surface area contributed by atoms with Gasteiger partial charge in [-0.15, -0.1) is 10.2 Å². The number of ether oxygens (including phenoxy) is 1. The average molecular weight is 400 g/mol. The number of thioether (sulfide) groups is 1. The van der Waals surface area contributed by atoms with Crippen molar-refractivity contribution in [3.63, 3.8) is 0 Å². The fourth-order valence-corrected chi connectivity index (χ4v) is 3.41. The lowest BCUT2D eigenvalue weighted by molar-refractivity contribution is -0.113. The number of amides is 1. The molecule has 0 saturated carbocycles. The Morgan fingerprint density at radius 3 is 2.68 bits per heavy atom. The quantitative estimate of drug-likeness (QED) is 0.578. The molecule has 6 nitrogen and oxygen atoms in total. The van der Waals surface area contributed by atoms with Crippen LogP contribution in [-0.2, 0) is 17.9 Å². The lowest BCUT2D eigenvalue weighted by atomic mass is 10.2. The van der Waals surface area contributed by atoms with Gasteiger partial charge in [-0.25, -0.2) is 4.39 Å². The molecular formula is C20H21FN4O2S. The van der Waals surface area contributed by atoms with Crippen molar-refractivity contribution in [2.75, 3.05) is 11.1 Å². The molecule has 0 radical (unpaired) electrons. The number of aromatic nitrogens is 3. The van der Waals surface area contributed by atoms with Crippen molar-refractivity contribution in [2.24, 2.45) is 0 Å². The molecule has 2 aromatic carbocycles. The molecule has 28 heavy (non-hydrogen) atoms. The second-order valence-electron chi connectivity index (χ2n) is 6.01. The third-order valence-electron chi connectivity index (χ3n) is 4.04. The van der Waals surface area contributed by atoms with Crippen LogP contribution in [0.25, 0.3) is 0 Å². The topological polar surface area (TPSA) is 69.0 Å². The zero-order valence-corrected chi connectivity index (χ0v) is 16.5. The van der Waals surface area contributed by atoms with Gasteiger partial charge < -0.3 is 14.6 Å². The smallest absolute Gasteiger partial charge is 0.234 e. The maximum Gasteiger partial charge on any atom is 0.234 e. The molecule has 0 bridgehead atoms. The first-order chi connectivity index (χ1) is 13.6. The van der Waals surface area contributed by atoms with Crippen LogP contribution in [0.5, 0.6) is 5.75 Å². The number of anilines is 1. The van der Waals surface area contributed by atoms with E-state index in [1.165, 1.54) is 23.9 Å². The molecule has 0 saturated heterocycles. The summed E-state index contributed by atoms with van der Waals surface area (Å²) >= 11 is 1.25. The average Bonchev–Trinajstić information content (AvgIpc) is 3.09. The molecule has 0 atom stereocenters. The molecule has 1 N–H and O–H groups in total. The maximum absolute atomic E-state index is 13.6. The van der Waals surface area contributed by atoms with Gasteiger partial charge in [-0.1, -0.05) is 42.1 Å². The number of rotatable bonds is 8. The molecule has 0 fully saturated rings. The molecule has 0 unspecified atom stereocenters. The standard InChI is InChI=1S/C20H21FN4O2S/c1-3-25-18(12-27-17-11-7-4-8-14(17)2)23-24-20(25)28-13-19(26)22-16-10-6-5-9-15(16)21/h4-11H,3,12-13H2,1-2H3,(H,22,26). The summed E-state index contributed by atoms with van der Waals surface area (Å²) in [6.45, 7) is 4.89. The summed E-state index contributed by atoms with van der Waals surface area (Å²) in [7, 11) is 0. The molecule has 1 amide bonds. The second kappa shape index (κ2) is 9.36. The van der Waals surface area contributed by atoms with Gasteiger partial charge in [-0.2, -0.15) is 0 Å². The largest absolute Gasteiger partial charge is 0.485 e. The molecule has 0 aliphatic rings. The first-order valence-electron chi connectivity index (χ1n) is 8.86. The molecular weight excluding hydrogens is 379 g/mol. The number of para-hydroxylation sites is 2. The summed E-state index contributed by atoms with van der Waals surface area (Å²) in [6, 6.07) is 13.8. The molecule has 0 aliphatic heterocycles. The molecule has 0 spiro atoms. The minimum absolute atomic E-state index is 0.102. The molecule has 146 valence electrons. The number of halogens is 1. The van der Waals surface area contributed by atoms with E-state index in [0.717, 1.165) is 11.3 Å². The summed E-state index contributed by atoms with van der Waals surface area (Å²) in [5.41, 5.74) is 1.21. The van der Waals surface area contributed by atoms with Gasteiger partial charge in [0.1, 0.15) is 18.2 Å². The zero-order chi connectivity index (χ0) is 19.9. The summed E-state index contributed by atoms with van der Waals surface area (Å²) in [6.07, 6.45) is 0. The highest BCUT2D eigenvalue weighted by Gasteiger charge is 2.14. The van der Waals surface area contributed by atoms with Crippen LogP contribution in [-0.4, -0.2) is 26.4 Å². The Morgan fingerprint density at radius 1 is 1.18 bits per heavy atom. The highest BCUT2D eigenvalue weighted by Crippen LogP contribution is 2.21. The van der Waals surface area contributed by atoms with Crippen LogP contribution < -0.4 is 10.1 Å². The Hall–Kier alpha value is -2.87. The van der Waals surface area contributed by atoms with Crippen LogP contribution in [0.4, 0.5) is 10.1 Å². The molecule has 1 heterocycles. The van der Waals surface area contributed by atoms with E-state index >= 15 is 0 Å². The fraction of sp³-hybridized carbons (Fsp3) is 0.250. The van der Waals surface area contributed by atoms with E-state index in [4.69, 9.17) is 4.74 Å². The van der Waals surface area contributed by atoms with Crippen LogP contribution >= 0.6 is 11.8 Å². The van der Waals surface area contributed by atoms with Gasteiger partial charge in [0.05, 0.1) is 11.4 Å².